The molecule has 0 aliphatic rings. The first kappa shape index (κ1) is 21.0. The standard InChI is InChI=1S/C21H22N4O5/c1-21(2,3)18(20-23-19(24-30-20)14-9-5-4-6-10-14)22-17(26)13-29-16-12-8-7-11-15(16)25(27)28/h4-12,18H,13H2,1-3H3,(H,22,26). The van der Waals surface area contributed by atoms with Gasteiger partial charge >= 0.3 is 5.69 Å². The van der Waals surface area contributed by atoms with Gasteiger partial charge in [0.25, 0.3) is 5.91 Å². The van der Waals surface area contributed by atoms with Crippen LogP contribution in [0.15, 0.2) is 59.1 Å². The summed E-state index contributed by atoms with van der Waals surface area (Å²) in [5.41, 5.74) is 0.155. The van der Waals surface area contributed by atoms with Crippen LogP contribution < -0.4 is 10.1 Å². The maximum Gasteiger partial charge on any atom is 0.310 e. The van der Waals surface area contributed by atoms with E-state index < -0.39 is 28.9 Å². The van der Waals surface area contributed by atoms with Gasteiger partial charge in [0.1, 0.15) is 6.04 Å². The van der Waals surface area contributed by atoms with Gasteiger partial charge in [-0.25, -0.2) is 0 Å². The molecular weight excluding hydrogens is 388 g/mol. The summed E-state index contributed by atoms with van der Waals surface area (Å²) in [4.78, 5) is 27.5. The van der Waals surface area contributed by atoms with Crippen molar-refractivity contribution >= 4 is 11.6 Å². The third-order valence-electron chi connectivity index (χ3n) is 4.31. The van der Waals surface area contributed by atoms with Crippen LogP contribution in [0, 0.1) is 15.5 Å². The monoisotopic (exact) mass is 410 g/mol. The van der Waals surface area contributed by atoms with Gasteiger partial charge in [0.15, 0.2) is 12.4 Å². The lowest BCUT2D eigenvalue weighted by Gasteiger charge is -2.28. The number of ether oxygens (including phenoxy) is 1. The van der Waals surface area contributed by atoms with Crippen LogP contribution >= 0.6 is 0 Å². The van der Waals surface area contributed by atoms with Crippen molar-refractivity contribution in [3.8, 4) is 17.1 Å². The lowest BCUT2D eigenvalue weighted by Crippen LogP contribution is -2.39. The molecule has 3 aromatic rings. The van der Waals surface area contributed by atoms with Gasteiger partial charge in [-0.1, -0.05) is 68.4 Å². The Bertz CT molecular complexity index is 1030. The number of nitro groups is 1. The molecule has 3 rings (SSSR count). The molecular formula is C21H22N4O5. The second-order valence-corrected chi connectivity index (χ2v) is 7.70. The number of hydrogen-bond donors (Lipinski definition) is 1. The number of para-hydroxylation sites is 2. The van der Waals surface area contributed by atoms with Crippen molar-refractivity contribution in [3.63, 3.8) is 0 Å². The van der Waals surface area contributed by atoms with E-state index in [2.05, 4.69) is 15.5 Å². The summed E-state index contributed by atoms with van der Waals surface area (Å²) in [7, 11) is 0. The van der Waals surface area contributed by atoms with Gasteiger partial charge in [-0.15, -0.1) is 0 Å². The molecule has 1 N–H and O–H groups in total. The van der Waals surface area contributed by atoms with Crippen LogP contribution in [0.5, 0.6) is 5.75 Å². The number of hydrogen-bond acceptors (Lipinski definition) is 7. The SMILES string of the molecule is CC(C)(C)C(NC(=O)COc1ccccc1[N+](=O)[O-])c1nc(-c2ccccc2)no1. The number of nitro benzene ring substituents is 1. The summed E-state index contributed by atoms with van der Waals surface area (Å²) in [6.07, 6.45) is 0. The van der Waals surface area contributed by atoms with E-state index in [1.54, 1.807) is 6.07 Å². The van der Waals surface area contributed by atoms with E-state index in [1.807, 2.05) is 51.1 Å². The Morgan fingerprint density at radius 3 is 2.50 bits per heavy atom. The molecule has 9 heteroatoms. The van der Waals surface area contributed by atoms with Crippen molar-refractivity contribution in [2.45, 2.75) is 26.8 Å². The maximum atomic E-state index is 12.5. The Balaban J connectivity index is 1.73. The van der Waals surface area contributed by atoms with E-state index in [0.29, 0.717) is 5.82 Å². The van der Waals surface area contributed by atoms with Crippen LogP contribution in [0.2, 0.25) is 0 Å². The quantitative estimate of drug-likeness (QED) is 0.463. The maximum absolute atomic E-state index is 12.5. The second kappa shape index (κ2) is 8.73. The number of benzene rings is 2. The molecule has 0 radical (unpaired) electrons. The lowest BCUT2D eigenvalue weighted by atomic mass is 9.86. The summed E-state index contributed by atoms with van der Waals surface area (Å²) >= 11 is 0. The van der Waals surface area contributed by atoms with Crippen molar-refractivity contribution in [1.29, 1.82) is 0 Å². The highest BCUT2D eigenvalue weighted by atomic mass is 16.6. The molecule has 30 heavy (non-hydrogen) atoms. The fraction of sp³-hybridized carbons (Fsp3) is 0.286. The van der Waals surface area contributed by atoms with Crippen molar-refractivity contribution in [3.05, 3.63) is 70.6 Å². The largest absolute Gasteiger partial charge is 0.477 e. The zero-order chi connectivity index (χ0) is 21.7. The number of carbonyl (C=O) groups excluding carboxylic acids is 1. The summed E-state index contributed by atoms with van der Waals surface area (Å²) in [6, 6.07) is 14.7. The highest BCUT2D eigenvalue weighted by Gasteiger charge is 2.33. The van der Waals surface area contributed by atoms with E-state index in [-0.39, 0.29) is 17.3 Å². The first-order valence-electron chi connectivity index (χ1n) is 9.30. The number of amides is 1. The van der Waals surface area contributed by atoms with Crippen molar-refractivity contribution in [2.24, 2.45) is 5.41 Å². The molecule has 9 nitrogen and oxygen atoms in total. The molecule has 0 bridgehead atoms. The molecule has 1 unspecified atom stereocenters. The first-order chi connectivity index (χ1) is 14.3. The minimum Gasteiger partial charge on any atom is -0.477 e. The average molecular weight is 410 g/mol. The highest BCUT2D eigenvalue weighted by molar-refractivity contribution is 5.78. The number of nitrogens with zero attached hydrogens (tertiary/aromatic N) is 3. The van der Waals surface area contributed by atoms with Gasteiger partial charge in [0.2, 0.25) is 11.7 Å². The zero-order valence-corrected chi connectivity index (χ0v) is 16.9. The van der Waals surface area contributed by atoms with E-state index in [1.165, 1.54) is 18.2 Å². The molecule has 0 spiro atoms. The molecule has 0 saturated carbocycles. The number of carbonyl (C=O) groups is 1. The molecule has 0 saturated heterocycles. The van der Waals surface area contributed by atoms with Gasteiger partial charge in [-0.2, -0.15) is 4.98 Å². The Morgan fingerprint density at radius 1 is 1.17 bits per heavy atom. The fourth-order valence-electron chi connectivity index (χ4n) is 2.78. The summed E-state index contributed by atoms with van der Waals surface area (Å²) in [5, 5.41) is 17.9. The molecule has 1 amide bonds. The van der Waals surface area contributed by atoms with Crippen LogP contribution in [0.25, 0.3) is 11.4 Å². The molecule has 2 aromatic carbocycles. The molecule has 1 aromatic heterocycles. The molecule has 1 heterocycles. The minimum atomic E-state index is -0.579. The van der Waals surface area contributed by atoms with E-state index in [0.717, 1.165) is 5.56 Å². The Morgan fingerprint density at radius 2 is 1.83 bits per heavy atom. The second-order valence-electron chi connectivity index (χ2n) is 7.70. The topological polar surface area (TPSA) is 120 Å². The normalized spacial score (nSPS) is 12.2. The molecule has 0 aliphatic heterocycles. The van der Waals surface area contributed by atoms with Crippen LogP contribution in [0.4, 0.5) is 5.69 Å². The Kier molecular flexibility index (Phi) is 6.10. The van der Waals surface area contributed by atoms with Crippen molar-refractivity contribution in [2.75, 3.05) is 6.61 Å². The van der Waals surface area contributed by atoms with E-state index in [4.69, 9.17) is 9.26 Å². The molecule has 1 atom stereocenters. The van der Waals surface area contributed by atoms with Crippen LogP contribution in [0.1, 0.15) is 32.7 Å². The zero-order valence-electron chi connectivity index (χ0n) is 16.9. The van der Waals surface area contributed by atoms with Gasteiger partial charge < -0.3 is 14.6 Å². The van der Waals surface area contributed by atoms with Gasteiger partial charge in [-0.3, -0.25) is 14.9 Å². The smallest absolute Gasteiger partial charge is 0.310 e. The minimum absolute atomic E-state index is 0.0223. The van der Waals surface area contributed by atoms with Gasteiger partial charge in [0.05, 0.1) is 4.92 Å². The number of rotatable bonds is 7. The average Bonchev–Trinajstić information content (AvgIpc) is 3.20. The predicted molar refractivity (Wildman–Crippen MR) is 109 cm³/mol. The van der Waals surface area contributed by atoms with Crippen LogP contribution in [-0.2, 0) is 4.79 Å². The predicted octanol–water partition coefficient (Wildman–Crippen LogP) is 3.93. The Labute approximate surface area is 173 Å². The lowest BCUT2D eigenvalue weighted by molar-refractivity contribution is -0.385. The van der Waals surface area contributed by atoms with Crippen LogP contribution in [0.3, 0.4) is 0 Å². The van der Waals surface area contributed by atoms with Gasteiger partial charge in [0, 0.05) is 11.6 Å². The van der Waals surface area contributed by atoms with Crippen molar-refractivity contribution in [1.82, 2.24) is 15.5 Å². The van der Waals surface area contributed by atoms with Crippen molar-refractivity contribution < 1.29 is 19.0 Å². The first-order valence-corrected chi connectivity index (χ1v) is 9.30. The third-order valence-corrected chi connectivity index (χ3v) is 4.31. The molecule has 156 valence electrons. The number of nitrogens with one attached hydrogen (secondary N) is 1. The summed E-state index contributed by atoms with van der Waals surface area (Å²) in [5.74, 6) is 0.243. The summed E-state index contributed by atoms with van der Waals surface area (Å²) < 4.78 is 10.8. The van der Waals surface area contributed by atoms with Gasteiger partial charge in [-0.05, 0) is 11.5 Å². The van der Waals surface area contributed by atoms with Crippen LogP contribution in [-0.4, -0.2) is 27.6 Å². The molecule has 0 fully saturated rings. The number of aromatic nitrogens is 2. The van der Waals surface area contributed by atoms with E-state index >= 15 is 0 Å². The van der Waals surface area contributed by atoms with E-state index in [9.17, 15) is 14.9 Å². The third kappa shape index (κ3) is 4.99. The fourth-order valence-corrected chi connectivity index (χ4v) is 2.78. The summed E-state index contributed by atoms with van der Waals surface area (Å²) in [6.45, 7) is 5.38. The highest BCUT2D eigenvalue weighted by Crippen LogP contribution is 2.33. The molecule has 0 aliphatic carbocycles. The Hall–Kier alpha value is -3.75.